The fraction of sp³-hybridized carbons (Fsp3) is 0.375. The molecule has 2 fully saturated rings. The van der Waals surface area contributed by atoms with Crippen molar-refractivity contribution in [1.82, 2.24) is 0 Å². The molecule has 0 unspecified atom stereocenters. The van der Waals surface area contributed by atoms with Crippen LogP contribution in [0.3, 0.4) is 0 Å². The topological polar surface area (TPSA) is 80.5 Å². The molecule has 1 saturated carbocycles. The van der Waals surface area contributed by atoms with Gasteiger partial charge in [-0.2, -0.15) is 0 Å². The summed E-state index contributed by atoms with van der Waals surface area (Å²) in [6.07, 6.45) is 2.98. The first kappa shape index (κ1) is 13.2. The van der Waals surface area contributed by atoms with Crippen molar-refractivity contribution in [3.8, 4) is 0 Å². The Bertz CT molecular complexity index is 754. The predicted octanol–water partition coefficient (Wildman–Crippen LogP) is 2.30. The maximum absolute atomic E-state index is 12.7. The van der Waals surface area contributed by atoms with Gasteiger partial charge < -0.3 is 0 Å². The molecule has 6 heteroatoms. The second-order valence-corrected chi connectivity index (χ2v) is 6.26. The number of amides is 2. The predicted molar refractivity (Wildman–Crippen MR) is 77.9 cm³/mol. The summed E-state index contributed by atoms with van der Waals surface area (Å²) in [4.78, 5) is 36.9. The van der Waals surface area contributed by atoms with Crippen LogP contribution in [-0.2, 0) is 9.59 Å². The summed E-state index contributed by atoms with van der Waals surface area (Å²) in [5, 5.41) is 10.9. The summed E-state index contributed by atoms with van der Waals surface area (Å²) in [7, 11) is 0. The molecule has 0 spiro atoms. The largest absolute Gasteiger partial charge is 0.274 e. The number of rotatable bonds is 2. The molecule has 1 aliphatic heterocycles. The quantitative estimate of drug-likeness (QED) is 0.363. The maximum atomic E-state index is 12.7. The van der Waals surface area contributed by atoms with Gasteiger partial charge in [0.25, 0.3) is 5.69 Å². The van der Waals surface area contributed by atoms with Crippen molar-refractivity contribution >= 4 is 23.2 Å². The van der Waals surface area contributed by atoms with Crippen molar-refractivity contribution < 1.29 is 14.5 Å². The van der Waals surface area contributed by atoms with Crippen molar-refractivity contribution in [1.29, 1.82) is 0 Å². The first-order chi connectivity index (χ1) is 10.5. The summed E-state index contributed by atoms with van der Waals surface area (Å²) >= 11 is 0. The zero-order valence-corrected chi connectivity index (χ0v) is 11.9. The van der Waals surface area contributed by atoms with Crippen LogP contribution < -0.4 is 4.90 Å². The Balaban J connectivity index is 1.74. The van der Waals surface area contributed by atoms with Crippen LogP contribution in [0.5, 0.6) is 0 Å². The summed E-state index contributed by atoms with van der Waals surface area (Å²) in [6, 6.07) is 5.72. The zero-order chi connectivity index (χ0) is 15.6. The molecule has 22 heavy (non-hydrogen) atoms. The molecule has 1 saturated heterocycles. The van der Waals surface area contributed by atoms with E-state index in [2.05, 4.69) is 6.08 Å². The molecule has 1 aromatic rings. The minimum atomic E-state index is -0.523. The highest BCUT2D eigenvalue weighted by molar-refractivity contribution is 6.23. The lowest BCUT2D eigenvalue weighted by Crippen LogP contribution is -2.32. The van der Waals surface area contributed by atoms with Crippen LogP contribution in [0.4, 0.5) is 11.4 Å². The van der Waals surface area contributed by atoms with Crippen LogP contribution in [0, 0.1) is 33.8 Å². The van der Waals surface area contributed by atoms with E-state index in [4.69, 9.17) is 0 Å². The first-order valence-corrected chi connectivity index (χ1v) is 7.29. The maximum Gasteiger partial charge on any atom is 0.271 e. The molecule has 6 nitrogen and oxygen atoms in total. The molecule has 4 rings (SSSR count). The summed E-state index contributed by atoms with van der Waals surface area (Å²) in [5.74, 6) is -0.727. The average molecular weight is 298 g/mol. The third-order valence-electron chi connectivity index (χ3n) is 5.18. The van der Waals surface area contributed by atoms with Gasteiger partial charge in [0.2, 0.25) is 11.8 Å². The van der Waals surface area contributed by atoms with Gasteiger partial charge in [-0.3, -0.25) is 19.7 Å². The number of nitro groups is 1. The van der Waals surface area contributed by atoms with Crippen molar-refractivity contribution in [2.75, 3.05) is 4.90 Å². The number of nitro benzene ring substituents is 1. The smallest absolute Gasteiger partial charge is 0.271 e. The number of hydrogen-bond acceptors (Lipinski definition) is 4. The van der Waals surface area contributed by atoms with Gasteiger partial charge in [-0.15, -0.1) is 0 Å². The SMILES string of the molecule is CC1=C[C@@H]2C[C@@H]1[C@@H]1C(=O)N(c3cccc([N+](=O)[O-])c3)C(=O)[C@H]12. The second-order valence-electron chi connectivity index (χ2n) is 6.26. The first-order valence-electron chi connectivity index (χ1n) is 7.29. The Morgan fingerprint density at radius 3 is 2.68 bits per heavy atom. The molecule has 2 aliphatic carbocycles. The molecule has 0 aromatic heterocycles. The molecular weight excluding hydrogens is 284 g/mol. The molecule has 1 aromatic carbocycles. The molecule has 2 bridgehead atoms. The summed E-state index contributed by atoms with van der Waals surface area (Å²) in [5.41, 5.74) is 1.37. The van der Waals surface area contributed by atoms with Crippen LogP contribution >= 0.6 is 0 Å². The minimum Gasteiger partial charge on any atom is -0.274 e. The van der Waals surface area contributed by atoms with Crippen LogP contribution in [0.1, 0.15) is 13.3 Å². The van der Waals surface area contributed by atoms with Gasteiger partial charge in [-0.05, 0) is 31.2 Å². The van der Waals surface area contributed by atoms with E-state index < -0.39 is 4.92 Å². The number of carbonyl (C=O) groups is 2. The van der Waals surface area contributed by atoms with E-state index in [9.17, 15) is 19.7 Å². The van der Waals surface area contributed by atoms with Gasteiger partial charge in [-0.25, -0.2) is 4.90 Å². The van der Waals surface area contributed by atoms with E-state index in [-0.39, 0.29) is 41.2 Å². The van der Waals surface area contributed by atoms with Crippen molar-refractivity contribution in [3.63, 3.8) is 0 Å². The lowest BCUT2D eigenvalue weighted by Gasteiger charge is -2.19. The Labute approximate surface area is 126 Å². The van der Waals surface area contributed by atoms with Gasteiger partial charge in [0.05, 0.1) is 22.4 Å². The van der Waals surface area contributed by atoms with Crippen molar-refractivity contribution in [2.24, 2.45) is 23.7 Å². The van der Waals surface area contributed by atoms with E-state index in [1.807, 2.05) is 6.92 Å². The van der Waals surface area contributed by atoms with Gasteiger partial charge in [0.15, 0.2) is 0 Å². The molecule has 2 amide bonds. The lowest BCUT2D eigenvalue weighted by atomic mass is 9.82. The van der Waals surface area contributed by atoms with E-state index in [0.717, 1.165) is 11.3 Å². The monoisotopic (exact) mass is 298 g/mol. The summed E-state index contributed by atoms with van der Waals surface area (Å²) in [6.45, 7) is 2.01. The van der Waals surface area contributed by atoms with Crippen LogP contribution in [0.15, 0.2) is 35.9 Å². The number of carbonyl (C=O) groups excluding carboxylic acids is 2. The molecular formula is C16H14N2O4. The average Bonchev–Trinajstić information content (AvgIpc) is 3.10. The summed E-state index contributed by atoms with van der Waals surface area (Å²) < 4.78 is 0. The Morgan fingerprint density at radius 1 is 1.23 bits per heavy atom. The lowest BCUT2D eigenvalue weighted by molar-refractivity contribution is -0.384. The number of hydrogen-bond donors (Lipinski definition) is 0. The third kappa shape index (κ3) is 1.55. The van der Waals surface area contributed by atoms with Gasteiger partial charge in [-0.1, -0.05) is 17.7 Å². The molecule has 3 aliphatic rings. The van der Waals surface area contributed by atoms with E-state index in [1.165, 1.54) is 23.8 Å². The number of nitrogens with zero attached hydrogens (tertiary/aromatic N) is 2. The third-order valence-corrected chi connectivity index (χ3v) is 5.18. The molecule has 0 N–H and O–H groups in total. The Hall–Kier alpha value is -2.50. The normalized spacial score (nSPS) is 32.4. The highest BCUT2D eigenvalue weighted by Crippen LogP contribution is 2.55. The Morgan fingerprint density at radius 2 is 1.95 bits per heavy atom. The van der Waals surface area contributed by atoms with Gasteiger partial charge in [0, 0.05) is 12.1 Å². The fourth-order valence-corrected chi connectivity index (χ4v) is 4.27. The fourth-order valence-electron chi connectivity index (χ4n) is 4.27. The van der Waals surface area contributed by atoms with E-state index in [1.54, 1.807) is 6.07 Å². The van der Waals surface area contributed by atoms with Crippen molar-refractivity contribution in [3.05, 3.63) is 46.0 Å². The highest BCUT2D eigenvalue weighted by Gasteiger charge is 2.60. The molecule has 1 heterocycles. The van der Waals surface area contributed by atoms with E-state index >= 15 is 0 Å². The van der Waals surface area contributed by atoms with Crippen LogP contribution in [-0.4, -0.2) is 16.7 Å². The second kappa shape index (κ2) is 4.25. The zero-order valence-electron chi connectivity index (χ0n) is 11.9. The number of anilines is 1. The molecule has 112 valence electrons. The number of imide groups is 1. The number of non-ortho nitro benzene ring substituents is 1. The number of fused-ring (bicyclic) bond motifs is 5. The van der Waals surface area contributed by atoms with Gasteiger partial charge in [0.1, 0.15) is 0 Å². The number of benzene rings is 1. The van der Waals surface area contributed by atoms with Crippen LogP contribution in [0.2, 0.25) is 0 Å². The van der Waals surface area contributed by atoms with E-state index in [0.29, 0.717) is 5.69 Å². The molecule has 0 radical (unpaired) electrons. The Kier molecular flexibility index (Phi) is 2.55. The van der Waals surface area contributed by atoms with Crippen LogP contribution in [0.25, 0.3) is 0 Å². The highest BCUT2D eigenvalue weighted by atomic mass is 16.6. The molecule has 4 atom stereocenters. The number of allylic oxidation sites excluding steroid dienone is 2. The minimum absolute atomic E-state index is 0.118. The van der Waals surface area contributed by atoms with Crippen molar-refractivity contribution in [2.45, 2.75) is 13.3 Å². The standard InChI is InChI=1S/C16H14N2O4/c1-8-5-9-6-12(8)14-13(9)15(19)17(16(14)20)10-3-2-4-11(7-10)18(21)22/h2-5,7,9,12-14H,6H2,1H3/t9-,12+,13+,14+/m1/s1. The van der Waals surface area contributed by atoms with Gasteiger partial charge >= 0.3 is 0 Å².